The van der Waals surface area contributed by atoms with E-state index in [1.165, 1.54) is 10.7 Å². The Balaban J connectivity index is 1.84. The third kappa shape index (κ3) is 4.68. The minimum absolute atomic E-state index is 0.0996. The molecule has 0 aliphatic heterocycles. The summed E-state index contributed by atoms with van der Waals surface area (Å²) in [6.45, 7) is 8.90. The van der Waals surface area contributed by atoms with Crippen molar-refractivity contribution in [3.63, 3.8) is 0 Å². The van der Waals surface area contributed by atoms with Crippen molar-refractivity contribution in [1.82, 2.24) is 19.6 Å². The van der Waals surface area contributed by atoms with Crippen LogP contribution in [0.15, 0.2) is 12.3 Å². The molecule has 0 radical (unpaired) electrons. The van der Waals surface area contributed by atoms with Gasteiger partial charge in [-0.25, -0.2) is 9.48 Å². The maximum Gasteiger partial charge on any atom is 0.341 e. The standard InChI is InChI=1S/C20H23ClN6O4S/c1-9(2)31-20(30)14-10(3)16(17(22)28)32-19(14)23-18(29)13-6-7-26(25-13)8-27-12(5)15(21)11(4)24-27/h6-7,9H,8H2,1-5H3,(H2,22,28)(H,23,29). The molecule has 12 heteroatoms. The fraction of sp³-hybridized carbons (Fsp3) is 0.350. The number of nitrogens with zero attached hydrogens (tertiary/aromatic N) is 4. The van der Waals surface area contributed by atoms with E-state index in [1.54, 1.807) is 38.6 Å². The van der Waals surface area contributed by atoms with Crippen LogP contribution in [-0.4, -0.2) is 43.4 Å². The fourth-order valence-electron chi connectivity index (χ4n) is 3.03. The quantitative estimate of drug-likeness (QED) is 0.501. The lowest BCUT2D eigenvalue weighted by atomic mass is 10.1. The SMILES string of the molecule is Cc1nn(Cn2ccc(C(=O)Nc3sc(C(N)=O)c(C)c3C(=O)OC(C)C)n2)c(C)c1Cl. The smallest absolute Gasteiger partial charge is 0.341 e. The van der Waals surface area contributed by atoms with Gasteiger partial charge in [0.1, 0.15) is 11.7 Å². The summed E-state index contributed by atoms with van der Waals surface area (Å²) in [6, 6.07) is 1.53. The van der Waals surface area contributed by atoms with E-state index < -0.39 is 17.8 Å². The summed E-state index contributed by atoms with van der Waals surface area (Å²) >= 11 is 7.09. The highest BCUT2D eigenvalue weighted by atomic mass is 35.5. The number of hydrogen-bond acceptors (Lipinski definition) is 7. The molecule has 0 aromatic carbocycles. The lowest BCUT2D eigenvalue weighted by Gasteiger charge is -2.10. The number of aryl methyl sites for hydroxylation is 1. The molecule has 3 aromatic rings. The Labute approximate surface area is 193 Å². The number of anilines is 1. The largest absolute Gasteiger partial charge is 0.459 e. The summed E-state index contributed by atoms with van der Waals surface area (Å²) in [6.07, 6.45) is 1.25. The van der Waals surface area contributed by atoms with Crippen molar-refractivity contribution in [3.05, 3.63) is 50.4 Å². The molecule has 170 valence electrons. The van der Waals surface area contributed by atoms with Crippen molar-refractivity contribution in [2.45, 2.75) is 47.4 Å². The molecule has 3 rings (SSSR count). The molecular weight excluding hydrogens is 456 g/mol. The molecule has 2 amide bonds. The van der Waals surface area contributed by atoms with Crippen LogP contribution in [0.2, 0.25) is 5.02 Å². The number of nitrogens with two attached hydrogens (primary N) is 1. The lowest BCUT2D eigenvalue weighted by molar-refractivity contribution is 0.0379. The number of hydrogen-bond donors (Lipinski definition) is 2. The zero-order chi connectivity index (χ0) is 23.7. The van der Waals surface area contributed by atoms with Crippen LogP contribution in [-0.2, 0) is 11.4 Å². The van der Waals surface area contributed by atoms with E-state index in [4.69, 9.17) is 22.1 Å². The molecule has 3 aromatic heterocycles. The number of esters is 1. The van der Waals surface area contributed by atoms with Crippen LogP contribution in [0.5, 0.6) is 0 Å². The van der Waals surface area contributed by atoms with E-state index in [2.05, 4.69) is 15.5 Å². The van der Waals surface area contributed by atoms with Crippen molar-refractivity contribution in [2.75, 3.05) is 5.32 Å². The van der Waals surface area contributed by atoms with Gasteiger partial charge in [-0.3, -0.25) is 14.3 Å². The van der Waals surface area contributed by atoms with Crippen molar-refractivity contribution in [1.29, 1.82) is 0 Å². The second kappa shape index (κ2) is 9.13. The third-order valence-electron chi connectivity index (χ3n) is 4.59. The molecule has 0 fully saturated rings. The van der Waals surface area contributed by atoms with E-state index >= 15 is 0 Å². The van der Waals surface area contributed by atoms with Gasteiger partial charge in [0.05, 0.1) is 33.0 Å². The Morgan fingerprint density at radius 1 is 1.25 bits per heavy atom. The number of primary amides is 1. The third-order valence-corrected chi connectivity index (χ3v) is 6.36. The van der Waals surface area contributed by atoms with Gasteiger partial charge in [0, 0.05) is 6.20 Å². The van der Waals surface area contributed by atoms with Crippen LogP contribution in [0, 0.1) is 20.8 Å². The number of ether oxygens (including phenoxy) is 1. The molecule has 0 unspecified atom stereocenters. The first-order chi connectivity index (χ1) is 15.0. The maximum atomic E-state index is 12.8. The average Bonchev–Trinajstić information content (AvgIpc) is 3.35. The number of amides is 2. The Hall–Kier alpha value is -3.18. The van der Waals surface area contributed by atoms with Crippen molar-refractivity contribution < 1.29 is 19.1 Å². The summed E-state index contributed by atoms with van der Waals surface area (Å²) in [7, 11) is 0. The van der Waals surface area contributed by atoms with Gasteiger partial charge < -0.3 is 15.8 Å². The van der Waals surface area contributed by atoms with E-state index in [0.717, 1.165) is 17.0 Å². The second-order valence-electron chi connectivity index (χ2n) is 7.40. The molecule has 32 heavy (non-hydrogen) atoms. The first-order valence-corrected chi connectivity index (χ1v) is 10.9. The zero-order valence-electron chi connectivity index (χ0n) is 18.2. The highest BCUT2D eigenvalue weighted by Gasteiger charge is 2.27. The van der Waals surface area contributed by atoms with Gasteiger partial charge >= 0.3 is 5.97 Å². The molecule has 3 heterocycles. The minimum atomic E-state index is -0.695. The summed E-state index contributed by atoms with van der Waals surface area (Å²) in [5, 5.41) is 12.0. The van der Waals surface area contributed by atoms with Crippen LogP contribution in [0.1, 0.15) is 61.3 Å². The van der Waals surface area contributed by atoms with Crippen molar-refractivity contribution >= 4 is 45.7 Å². The van der Waals surface area contributed by atoms with Gasteiger partial charge in [-0.1, -0.05) is 11.6 Å². The van der Waals surface area contributed by atoms with Crippen LogP contribution in [0.3, 0.4) is 0 Å². The fourth-order valence-corrected chi connectivity index (χ4v) is 4.21. The van der Waals surface area contributed by atoms with Crippen LogP contribution in [0.4, 0.5) is 5.00 Å². The monoisotopic (exact) mass is 478 g/mol. The molecule has 0 spiro atoms. The first-order valence-electron chi connectivity index (χ1n) is 9.68. The second-order valence-corrected chi connectivity index (χ2v) is 8.80. The average molecular weight is 479 g/mol. The first kappa shape index (κ1) is 23.5. The van der Waals surface area contributed by atoms with Gasteiger partial charge in [-0.15, -0.1) is 11.3 Å². The summed E-state index contributed by atoms with van der Waals surface area (Å²) in [5.74, 6) is -1.89. The van der Waals surface area contributed by atoms with Crippen LogP contribution < -0.4 is 11.1 Å². The maximum absolute atomic E-state index is 12.8. The normalized spacial score (nSPS) is 11.1. The molecule has 0 bridgehead atoms. The highest BCUT2D eigenvalue weighted by Crippen LogP contribution is 2.34. The van der Waals surface area contributed by atoms with Crippen LogP contribution >= 0.6 is 22.9 Å². The topological polar surface area (TPSA) is 134 Å². The number of rotatable bonds is 7. The van der Waals surface area contributed by atoms with Gasteiger partial charge in [0.25, 0.3) is 11.8 Å². The minimum Gasteiger partial charge on any atom is -0.459 e. The molecule has 0 aliphatic rings. The molecule has 0 saturated heterocycles. The lowest BCUT2D eigenvalue weighted by Crippen LogP contribution is -2.18. The summed E-state index contributed by atoms with van der Waals surface area (Å²) in [5.41, 5.74) is 7.48. The summed E-state index contributed by atoms with van der Waals surface area (Å²) in [4.78, 5) is 37.3. The number of halogens is 1. The Morgan fingerprint density at radius 2 is 1.94 bits per heavy atom. The van der Waals surface area contributed by atoms with E-state index in [1.807, 2.05) is 6.92 Å². The number of nitrogens with one attached hydrogen (secondary N) is 1. The zero-order valence-corrected chi connectivity index (χ0v) is 19.8. The molecule has 10 nitrogen and oxygen atoms in total. The van der Waals surface area contributed by atoms with Crippen LogP contribution in [0.25, 0.3) is 0 Å². The summed E-state index contributed by atoms with van der Waals surface area (Å²) < 4.78 is 8.47. The Bertz CT molecular complexity index is 1210. The molecule has 0 saturated carbocycles. The molecular formula is C20H23ClN6O4S. The molecule has 3 N–H and O–H groups in total. The number of carbonyl (C=O) groups excluding carboxylic acids is 3. The van der Waals surface area contributed by atoms with E-state index in [-0.39, 0.29) is 33.9 Å². The number of aromatic nitrogens is 4. The highest BCUT2D eigenvalue weighted by molar-refractivity contribution is 7.18. The van der Waals surface area contributed by atoms with Gasteiger partial charge in [0.15, 0.2) is 5.69 Å². The molecule has 0 aliphatic carbocycles. The van der Waals surface area contributed by atoms with Crippen molar-refractivity contribution in [2.24, 2.45) is 5.73 Å². The van der Waals surface area contributed by atoms with Gasteiger partial charge in [-0.05, 0) is 46.2 Å². The van der Waals surface area contributed by atoms with Crippen molar-refractivity contribution in [3.8, 4) is 0 Å². The predicted molar refractivity (Wildman–Crippen MR) is 120 cm³/mol. The van der Waals surface area contributed by atoms with Gasteiger partial charge in [0.2, 0.25) is 0 Å². The number of thiophene rings is 1. The number of carbonyl (C=O) groups is 3. The van der Waals surface area contributed by atoms with Gasteiger partial charge in [-0.2, -0.15) is 10.2 Å². The van der Waals surface area contributed by atoms with E-state index in [9.17, 15) is 14.4 Å². The predicted octanol–water partition coefficient (Wildman–Crippen LogP) is 3.14. The Morgan fingerprint density at radius 3 is 2.50 bits per heavy atom. The Kier molecular flexibility index (Phi) is 6.70. The van der Waals surface area contributed by atoms with E-state index in [0.29, 0.717) is 16.3 Å². The molecule has 0 atom stereocenters.